The average molecular weight is 433 g/mol. The van der Waals surface area contributed by atoms with Crippen LogP contribution in [0.2, 0.25) is 0 Å². The lowest BCUT2D eigenvalue weighted by Crippen LogP contribution is -2.32. The molecule has 0 saturated heterocycles. The number of anilines is 1. The number of carbonyl (C=O) groups excluding carboxylic acids is 2. The summed E-state index contributed by atoms with van der Waals surface area (Å²) in [6.07, 6.45) is 1.42. The molecule has 0 aromatic heterocycles. The van der Waals surface area contributed by atoms with E-state index in [-0.39, 0.29) is 0 Å². The van der Waals surface area contributed by atoms with E-state index in [1.807, 2.05) is 42.5 Å². The van der Waals surface area contributed by atoms with E-state index >= 15 is 0 Å². The second-order valence-corrected chi connectivity index (χ2v) is 6.57. The third-order valence-corrected chi connectivity index (χ3v) is 4.35. The van der Waals surface area contributed by atoms with Crippen LogP contribution >= 0.6 is 0 Å². The Hall–Kier alpha value is -4.33. The number of hydrogen-bond acceptors (Lipinski definition) is 6. The van der Waals surface area contributed by atoms with Crippen LogP contribution in [0.5, 0.6) is 17.2 Å². The number of methoxy groups -OCH3 is 2. The Balaban J connectivity index is 1.55. The molecule has 0 saturated carbocycles. The summed E-state index contributed by atoms with van der Waals surface area (Å²) in [6, 6.07) is 21.9. The Morgan fingerprint density at radius 2 is 1.69 bits per heavy atom. The molecule has 0 aliphatic carbocycles. The summed E-state index contributed by atoms with van der Waals surface area (Å²) < 4.78 is 16.1. The minimum Gasteiger partial charge on any atom is -0.497 e. The summed E-state index contributed by atoms with van der Waals surface area (Å²) in [5, 5.41) is 6.32. The monoisotopic (exact) mass is 433 g/mol. The first-order chi connectivity index (χ1) is 15.6. The van der Waals surface area contributed by atoms with Crippen molar-refractivity contribution < 1.29 is 23.8 Å². The van der Waals surface area contributed by atoms with Crippen LogP contribution in [0.3, 0.4) is 0 Å². The number of amides is 2. The fourth-order valence-electron chi connectivity index (χ4n) is 2.73. The van der Waals surface area contributed by atoms with Gasteiger partial charge < -0.3 is 19.5 Å². The molecule has 3 aromatic carbocycles. The standard InChI is InChI=1S/C24H23N3O5/c1-30-19-11-12-22(31-2)21(14-19)26-23(28)24(29)27-25-15-18-9-6-10-20(13-18)32-16-17-7-4-3-5-8-17/h3-15H,16H2,1-2H3,(H,26,28)(H,27,29)/b25-15+. The summed E-state index contributed by atoms with van der Waals surface area (Å²) in [5.74, 6) is -0.264. The molecule has 8 heteroatoms. The Labute approximate surface area is 185 Å². The number of benzene rings is 3. The number of ether oxygens (including phenoxy) is 3. The van der Waals surface area contributed by atoms with Crippen LogP contribution in [0.25, 0.3) is 0 Å². The van der Waals surface area contributed by atoms with Gasteiger partial charge in [-0.2, -0.15) is 5.10 Å². The largest absolute Gasteiger partial charge is 0.497 e. The van der Waals surface area contributed by atoms with Gasteiger partial charge in [0.25, 0.3) is 0 Å². The van der Waals surface area contributed by atoms with Crippen LogP contribution in [0.15, 0.2) is 77.9 Å². The first-order valence-corrected chi connectivity index (χ1v) is 9.72. The van der Waals surface area contributed by atoms with Crippen molar-refractivity contribution in [3.8, 4) is 17.2 Å². The van der Waals surface area contributed by atoms with E-state index in [2.05, 4.69) is 15.8 Å². The van der Waals surface area contributed by atoms with Gasteiger partial charge >= 0.3 is 11.8 Å². The summed E-state index contributed by atoms with van der Waals surface area (Å²) in [5.41, 5.74) is 4.26. The van der Waals surface area contributed by atoms with Crippen LogP contribution in [-0.2, 0) is 16.2 Å². The summed E-state index contributed by atoms with van der Waals surface area (Å²) in [4.78, 5) is 24.3. The van der Waals surface area contributed by atoms with Crippen LogP contribution in [0, 0.1) is 0 Å². The highest BCUT2D eigenvalue weighted by atomic mass is 16.5. The Bertz CT molecular complexity index is 1100. The molecule has 2 amide bonds. The molecule has 0 spiro atoms. The zero-order valence-electron chi connectivity index (χ0n) is 17.7. The molecular formula is C24H23N3O5. The number of nitrogens with one attached hydrogen (secondary N) is 2. The van der Waals surface area contributed by atoms with Crippen molar-refractivity contribution in [3.63, 3.8) is 0 Å². The SMILES string of the molecule is COc1ccc(OC)c(NC(=O)C(=O)N/N=C/c2cccc(OCc3ccccc3)c2)c1. The number of hydrogen-bond donors (Lipinski definition) is 2. The average Bonchev–Trinajstić information content (AvgIpc) is 2.83. The van der Waals surface area contributed by atoms with Crippen molar-refractivity contribution in [3.05, 3.63) is 83.9 Å². The molecule has 0 unspecified atom stereocenters. The highest BCUT2D eigenvalue weighted by molar-refractivity contribution is 6.39. The van der Waals surface area contributed by atoms with Gasteiger partial charge in [0.15, 0.2) is 0 Å². The highest BCUT2D eigenvalue weighted by Crippen LogP contribution is 2.28. The lowest BCUT2D eigenvalue weighted by Gasteiger charge is -2.11. The minimum atomic E-state index is -0.928. The second kappa shape index (κ2) is 11.2. The van der Waals surface area contributed by atoms with E-state index < -0.39 is 11.8 Å². The van der Waals surface area contributed by atoms with E-state index in [1.54, 1.807) is 30.3 Å². The predicted octanol–water partition coefficient (Wildman–Crippen LogP) is 3.37. The maximum atomic E-state index is 12.2. The molecule has 0 fully saturated rings. The van der Waals surface area contributed by atoms with Crippen LogP contribution in [-0.4, -0.2) is 32.2 Å². The third kappa shape index (κ3) is 6.33. The fourth-order valence-corrected chi connectivity index (χ4v) is 2.73. The van der Waals surface area contributed by atoms with E-state index in [9.17, 15) is 9.59 Å². The highest BCUT2D eigenvalue weighted by Gasteiger charge is 2.16. The van der Waals surface area contributed by atoms with Gasteiger partial charge in [0.2, 0.25) is 0 Å². The van der Waals surface area contributed by atoms with E-state index in [1.165, 1.54) is 20.4 Å². The van der Waals surface area contributed by atoms with E-state index in [0.717, 1.165) is 5.56 Å². The van der Waals surface area contributed by atoms with Crippen molar-refractivity contribution in [2.75, 3.05) is 19.5 Å². The van der Waals surface area contributed by atoms with Crippen molar-refractivity contribution >= 4 is 23.7 Å². The smallest absolute Gasteiger partial charge is 0.329 e. The second-order valence-electron chi connectivity index (χ2n) is 6.57. The minimum absolute atomic E-state index is 0.305. The van der Waals surface area contributed by atoms with Crippen molar-refractivity contribution in [2.45, 2.75) is 6.61 Å². The van der Waals surface area contributed by atoms with Crippen LogP contribution in [0.1, 0.15) is 11.1 Å². The molecule has 2 N–H and O–H groups in total. The Morgan fingerprint density at radius 3 is 2.44 bits per heavy atom. The number of nitrogens with zero attached hydrogens (tertiary/aromatic N) is 1. The lowest BCUT2D eigenvalue weighted by atomic mass is 10.2. The lowest BCUT2D eigenvalue weighted by molar-refractivity contribution is -0.136. The topological polar surface area (TPSA) is 98.2 Å². The van der Waals surface area contributed by atoms with Crippen LogP contribution in [0.4, 0.5) is 5.69 Å². The van der Waals surface area contributed by atoms with Gasteiger partial charge in [0, 0.05) is 6.07 Å². The Morgan fingerprint density at radius 1 is 0.875 bits per heavy atom. The molecule has 3 rings (SSSR count). The van der Waals surface area contributed by atoms with Crippen molar-refractivity contribution in [1.29, 1.82) is 0 Å². The number of rotatable bonds is 8. The summed E-state index contributed by atoms with van der Waals surface area (Å²) in [7, 11) is 2.95. The fraction of sp³-hybridized carbons (Fsp3) is 0.125. The zero-order valence-corrected chi connectivity index (χ0v) is 17.7. The van der Waals surface area contributed by atoms with E-state index in [4.69, 9.17) is 14.2 Å². The normalized spacial score (nSPS) is 10.4. The van der Waals surface area contributed by atoms with Gasteiger partial charge in [-0.15, -0.1) is 0 Å². The van der Waals surface area contributed by atoms with Gasteiger partial charge in [0.05, 0.1) is 26.1 Å². The van der Waals surface area contributed by atoms with Gasteiger partial charge in [0.1, 0.15) is 23.9 Å². The molecule has 164 valence electrons. The molecule has 0 bridgehead atoms. The van der Waals surface area contributed by atoms with Gasteiger partial charge in [-0.3, -0.25) is 9.59 Å². The molecular weight excluding hydrogens is 410 g/mol. The first kappa shape index (κ1) is 22.4. The molecule has 0 aliphatic rings. The van der Waals surface area contributed by atoms with Crippen molar-refractivity contribution in [2.24, 2.45) is 5.10 Å². The van der Waals surface area contributed by atoms with Crippen LogP contribution < -0.4 is 25.0 Å². The van der Waals surface area contributed by atoms with E-state index in [0.29, 0.717) is 35.1 Å². The molecule has 8 nitrogen and oxygen atoms in total. The number of hydrazone groups is 1. The van der Waals surface area contributed by atoms with Crippen molar-refractivity contribution in [1.82, 2.24) is 5.43 Å². The summed E-state index contributed by atoms with van der Waals surface area (Å²) in [6.45, 7) is 0.437. The maximum absolute atomic E-state index is 12.2. The summed E-state index contributed by atoms with van der Waals surface area (Å²) >= 11 is 0. The molecule has 0 aliphatic heterocycles. The molecule has 0 atom stereocenters. The molecule has 0 radical (unpaired) electrons. The predicted molar refractivity (Wildman–Crippen MR) is 121 cm³/mol. The molecule has 0 heterocycles. The van der Waals surface area contributed by atoms with Gasteiger partial charge in [-0.25, -0.2) is 5.43 Å². The Kier molecular flexibility index (Phi) is 7.80. The molecule has 32 heavy (non-hydrogen) atoms. The van der Waals surface area contributed by atoms with Gasteiger partial charge in [-0.05, 0) is 35.4 Å². The molecule has 3 aromatic rings. The first-order valence-electron chi connectivity index (χ1n) is 9.72. The third-order valence-electron chi connectivity index (χ3n) is 4.35. The number of carbonyl (C=O) groups is 2. The quantitative estimate of drug-likeness (QED) is 0.322. The maximum Gasteiger partial charge on any atom is 0.329 e. The van der Waals surface area contributed by atoms with Gasteiger partial charge in [-0.1, -0.05) is 42.5 Å². The zero-order chi connectivity index (χ0) is 22.8.